The van der Waals surface area contributed by atoms with Crippen LogP contribution in [0.3, 0.4) is 0 Å². The topological polar surface area (TPSA) is 67.9 Å². The minimum atomic E-state index is -0.428. The first-order valence-corrected chi connectivity index (χ1v) is 10.6. The zero-order chi connectivity index (χ0) is 23.7. The lowest BCUT2D eigenvalue weighted by Gasteiger charge is -2.18. The average Bonchev–Trinajstić information content (AvgIpc) is 3.05. The van der Waals surface area contributed by atoms with Gasteiger partial charge in [-0.05, 0) is 50.1 Å². The monoisotopic (exact) mass is 442 g/mol. The van der Waals surface area contributed by atoms with E-state index in [0.29, 0.717) is 28.3 Å². The number of nitrogens with one attached hydrogen (secondary N) is 1. The van der Waals surface area contributed by atoms with Crippen LogP contribution in [0.15, 0.2) is 66.4 Å². The molecule has 0 saturated heterocycles. The van der Waals surface area contributed by atoms with E-state index in [4.69, 9.17) is 9.47 Å². The van der Waals surface area contributed by atoms with E-state index in [9.17, 15) is 9.59 Å². The number of nitrogens with zero attached hydrogens (tertiary/aromatic N) is 1. The summed E-state index contributed by atoms with van der Waals surface area (Å²) in [5.41, 5.74) is 5.59. The molecule has 6 heteroatoms. The van der Waals surface area contributed by atoms with Crippen molar-refractivity contribution in [2.75, 3.05) is 24.4 Å². The maximum Gasteiger partial charge on any atom is 0.282 e. The zero-order valence-corrected chi connectivity index (χ0v) is 19.4. The molecule has 1 aliphatic heterocycles. The van der Waals surface area contributed by atoms with Crippen LogP contribution in [0.5, 0.6) is 11.5 Å². The maximum absolute atomic E-state index is 13.6. The van der Waals surface area contributed by atoms with Crippen molar-refractivity contribution in [2.24, 2.45) is 0 Å². The largest absolute Gasteiger partial charge is 0.493 e. The lowest BCUT2D eigenvalue weighted by molar-refractivity contribution is -0.120. The molecular formula is C27H26N2O4. The number of rotatable bonds is 6. The number of hydrogen-bond donors (Lipinski definition) is 1. The Bertz CT molecular complexity index is 1280. The lowest BCUT2D eigenvalue weighted by Crippen LogP contribution is -2.32. The van der Waals surface area contributed by atoms with Crippen molar-refractivity contribution in [3.8, 4) is 11.5 Å². The predicted molar refractivity (Wildman–Crippen MR) is 130 cm³/mol. The standard InChI is InChI=1S/C27H26N2O4/c1-16-6-9-19(10-7-16)24-25(28-21-12-8-17(2)14-18(21)3)27(31)29(26(24)30)20-11-13-22(32-4)23(15-20)33-5/h6-15,28H,1-5H3. The lowest BCUT2D eigenvalue weighted by atomic mass is 10.0. The van der Waals surface area contributed by atoms with Crippen molar-refractivity contribution in [3.63, 3.8) is 0 Å². The second kappa shape index (κ2) is 8.82. The Hall–Kier alpha value is -4.06. The molecule has 0 aromatic heterocycles. The van der Waals surface area contributed by atoms with Gasteiger partial charge in [-0.2, -0.15) is 0 Å². The molecule has 0 bridgehead atoms. The quantitative estimate of drug-likeness (QED) is 0.543. The van der Waals surface area contributed by atoms with E-state index in [1.807, 2.05) is 63.2 Å². The highest BCUT2D eigenvalue weighted by Crippen LogP contribution is 2.38. The fraction of sp³-hybridized carbons (Fsp3) is 0.185. The number of methoxy groups -OCH3 is 2. The number of benzene rings is 3. The molecule has 0 radical (unpaired) electrons. The molecule has 0 spiro atoms. The smallest absolute Gasteiger partial charge is 0.282 e. The van der Waals surface area contributed by atoms with Gasteiger partial charge in [-0.3, -0.25) is 9.59 Å². The van der Waals surface area contributed by atoms with Gasteiger partial charge in [0.25, 0.3) is 11.8 Å². The summed E-state index contributed by atoms with van der Waals surface area (Å²) in [5, 5.41) is 3.24. The molecular weight excluding hydrogens is 416 g/mol. The molecule has 4 rings (SSSR count). The summed E-state index contributed by atoms with van der Waals surface area (Å²) in [7, 11) is 3.05. The normalized spacial score (nSPS) is 13.5. The third-order valence-corrected chi connectivity index (χ3v) is 5.69. The summed E-state index contributed by atoms with van der Waals surface area (Å²) >= 11 is 0. The average molecular weight is 443 g/mol. The first kappa shape index (κ1) is 22.1. The van der Waals surface area contributed by atoms with Gasteiger partial charge in [-0.1, -0.05) is 47.5 Å². The van der Waals surface area contributed by atoms with Gasteiger partial charge in [0.15, 0.2) is 11.5 Å². The Morgan fingerprint density at radius 2 is 1.39 bits per heavy atom. The third-order valence-electron chi connectivity index (χ3n) is 5.69. The molecule has 0 fully saturated rings. The Kier molecular flexibility index (Phi) is 5.92. The van der Waals surface area contributed by atoms with E-state index in [2.05, 4.69) is 5.32 Å². The SMILES string of the molecule is COc1ccc(N2C(=O)C(Nc3ccc(C)cc3C)=C(c3ccc(C)cc3)C2=O)cc1OC. The van der Waals surface area contributed by atoms with E-state index < -0.39 is 11.8 Å². The fourth-order valence-corrected chi connectivity index (χ4v) is 3.92. The van der Waals surface area contributed by atoms with Crippen LogP contribution in [0.2, 0.25) is 0 Å². The molecule has 168 valence electrons. The zero-order valence-electron chi connectivity index (χ0n) is 19.4. The number of carbonyl (C=O) groups is 2. The molecule has 1 N–H and O–H groups in total. The molecule has 1 heterocycles. The highest BCUT2D eigenvalue weighted by molar-refractivity contribution is 6.46. The second-order valence-corrected chi connectivity index (χ2v) is 8.04. The molecule has 1 aliphatic rings. The Balaban J connectivity index is 1.83. The minimum Gasteiger partial charge on any atom is -0.493 e. The van der Waals surface area contributed by atoms with Crippen LogP contribution >= 0.6 is 0 Å². The van der Waals surface area contributed by atoms with Gasteiger partial charge in [-0.25, -0.2) is 4.90 Å². The first-order chi connectivity index (χ1) is 15.8. The van der Waals surface area contributed by atoms with Crippen LogP contribution in [0.25, 0.3) is 5.57 Å². The summed E-state index contributed by atoms with van der Waals surface area (Å²) in [6.45, 7) is 5.95. The molecule has 2 amide bonds. The fourth-order valence-electron chi connectivity index (χ4n) is 3.92. The van der Waals surface area contributed by atoms with E-state index in [1.165, 1.54) is 19.1 Å². The summed E-state index contributed by atoms with van der Waals surface area (Å²) in [4.78, 5) is 28.4. The number of amides is 2. The number of ether oxygens (including phenoxy) is 2. The highest BCUT2D eigenvalue weighted by atomic mass is 16.5. The first-order valence-electron chi connectivity index (χ1n) is 10.6. The molecule has 0 atom stereocenters. The summed E-state index contributed by atoms with van der Waals surface area (Å²) in [5.74, 6) is 0.120. The van der Waals surface area contributed by atoms with Crippen molar-refractivity contribution in [3.05, 3.63) is 88.6 Å². The van der Waals surface area contributed by atoms with Crippen LogP contribution in [0.1, 0.15) is 22.3 Å². The van der Waals surface area contributed by atoms with Crippen molar-refractivity contribution in [1.29, 1.82) is 0 Å². The van der Waals surface area contributed by atoms with Gasteiger partial charge in [0.1, 0.15) is 5.70 Å². The highest BCUT2D eigenvalue weighted by Gasteiger charge is 2.40. The second-order valence-electron chi connectivity index (χ2n) is 8.04. The van der Waals surface area contributed by atoms with Crippen molar-refractivity contribution in [1.82, 2.24) is 0 Å². The minimum absolute atomic E-state index is 0.241. The van der Waals surface area contributed by atoms with Crippen molar-refractivity contribution < 1.29 is 19.1 Å². The molecule has 0 unspecified atom stereocenters. The van der Waals surface area contributed by atoms with Gasteiger partial charge in [0, 0.05) is 11.8 Å². The number of anilines is 2. The Labute approximate surface area is 193 Å². The van der Waals surface area contributed by atoms with E-state index >= 15 is 0 Å². The van der Waals surface area contributed by atoms with Gasteiger partial charge in [-0.15, -0.1) is 0 Å². The van der Waals surface area contributed by atoms with Gasteiger partial charge >= 0.3 is 0 Å². The molecule has 3 aromatic rings. The van der Waals surface area contributed by atoms with Crippen LogP contribution in [-0.4, -0.2) is 26.0 Å². The number of hydrogen-bond acceptors (Lipinski definition) is 5. The number of carbonyl (C=O) groups excluding carboxylic acids is 2. The van der Waals surface area contributed by atoms with E-state index in [1.54, 1.807) is 18.2 Å². The Morgan fingerprint density at radius 3 is 2.03 bits per heavy atom. The van der Waals surface area contributed by atoms with Crippen LogP contribution in [0, 0.1) is 20.8 Å². The van der Waals surface area contributed by atoms with Crippen molar-refractivity contribution in [2.45, 2.75) is 20.8 Å². The molecule has 0 saturated carbocycles. The van der Waals surface area contributed by atoms with Crippen LogP contribution < -0.4 is 19.7 Å². The predicted octanol–water partition coefficient (Wildman–Crippen LogP) is 5.03. The summed E-state index contributed by atoms with van der Waals surface area (Å²) in [6.07, 6.45) is 0. The number of imide groups is 1. The molecule has 33 heavy (non-hydrogen) atoms. The molecule has 0 aliphatic carbocycles. The van der Waals surface area contributed by atoms with Crippen LogP contribution in [-0.2, 0) is 9.59 Å². The number of aryl methyl sites for hydroxylation is 3. The van der Waals surface area contributed by atoms with E-state index in [-0.39, 0.29) is 5.70 Å². The van der Waals surface area contributed by atoms with Crippen LogP contribution in [0.4, 0.5) is 11.4 Å². The van der Waals surface area contributed by atoms with E-state index in [0.717, 1.165) is 22.4 Å². The van der Waals surface area contributed by atoms with Crippen molar-refractivity contribution >= 4 is 28.8 Å². The maximum atomic E-state index is 13.6. The van der Waals surface area contributed by atoms with Gasteiger partial charge in [0.2, 0.25) is 0 Å². The molecule has 3 aromatic carbocycles. The summed E-state index contributed by atoms with van der Waals surface area (Å²) in [6, 6.07) is 18.5. The molecule has 6 nitrogen and oxygen atoms in total. The third kappa shape index (κ3) is 4.07. The van der Waals surface area contributed by atoms with Gasteiger partial charge < -0.3 is 14.8 Å². The van der Waals surface area contributed by atoms with Gasteiger partial charge in [0.05, 0.1) is 25.5 Å². The summed E-state index contributed by atoms with van der Waals surface area (Å²) < 4.78 is 10.7. The Morgan fingerprint density at radius 1 is 0.727 bits per heavy atom.